The van der Waals surface area contributed by atoms with Gasteiger partial charge in [0, 0.05) is 61.3 Å². The highest BCUT2D eigenvalue weighted by Crippen LogP contribution is 2.43. The van der Waals surface area contributed by atoms with Gasteiger partial charge in [0.2, 0.25) is 17.4 Å². The Bertz CT molecular complexity index is 3350. The second-order valence-corrected chi connectivity index (χ2v) is 13.2. The van der Waals surface area contributed by atoms with Gasteiger partial charge in [0.15, 0.2) is 57.9 Å². The van der Waals surface area contributed by atoms with Gasteiger partial charge >= 0.3 is 5.63 Å². The highest BCUT2D eigenvalue weighted by molar-refractivity contribution is 6.07. The smallest absolute Gasteiger partial charge is 0.336 e. The number of benzene rings is 3. The van der Waals surface area contributed by atoms with Crippen LogP contribution in [0.25, 0.3) is 89.6 Å². The van der Waals surface area contributed by atoms with Crippen molar-refractivity contribution in [1.82, 2.24) is 19.9 Å². The highest BCUT2D eigenvalue weighted by atomic mass is 19.2. The first-order valence-electron chi connectivity index (χ1n) is 17.3. The van der Waals surface area contributed by atoms with Crippen LogP contribution in [0.3, 0.4) is 0 Å². The van der Waals surface area contributed by atoms with E-state index in [1.165, 1.54) is 74.9 Å². The summed E-state index contributed by atoms with van der Waals surface area (Å²) in [6.45, 7) is 0. The Morgan fingerprint density at radius 2 is 0.917 bits per heavy atom. The summed E-state index contributed by atoms with van der Waals surface area (Å²) in [5.74, 6) is -22.3. The number of nitrogens with one attached hydrogen (secondary N) is 3. The average molecular weight is 835 g/mol. The first-order chi connectivity index (χ1) is 28.7. The third-order valence-corrected chi connectivity index (χ3v) is 10.0. The second kappa shape index (κ2) is 13.8. The Hall–Kier alpha value is -7.50. The van der Waals surface area contributed by atoms with E-state index in [0.717, 1.165) is 6.07 Å². The number of methoxy groups -OCH3 is 2. The van der Waals surface area contributed by atoms with Crippen LogP contribution in [0.4, 0.5) is 43.9 Å². The molecule has 3 aromatic carbocycles. The molecule has 9 rings (SSSR count). The molecule has 3 N–H and O–H groups in total. The number of ether oxygens (including phenoxy) is 2. The van der Waals surface area contributed by atoms with Gasteiger partial charge in [-0.15, -0.1) is 0 Å². The number of fused-ring (bicyclic) bond motifs is 10. The summed E-state index contributed by atoms with van der Waals surface area (Å²) >= 11 is 0. The molecule has 1 aliphatic rings. The Balaban J connectivity index is 1.53. The molecular weight excluding hydrogens is 814 g/mol. The van der Waals surface area contributed by atoms with Gasteiger partial charge in [-0.2, -0.15) is 0 Å². The lowest BCUT2D eigenvalue weighted by molar-refractivity contribution is 0.352. The zero-order valence-electron chi connectivity index (χ0n) is 30.2. The molecule has 18 heteroatoms. The van der Waals surface area contributed by atoms with Crippen LogP contribution in [-0.4, -0.2) is 34.2 Å². The van der Waals surface area contributed by atoms with Crippen LogP contribution in [0, 0.1) is 58.2 Å². The number of hydrogen-bond acceptors (Lipinski definition) is 5. The zero-order chi connectivity index (χ0) is 42.5. The van der Waals surface area contributed by atoms with Gasteiger partial charge in [-0.05, 0) is 60.7 Å². The minimum Gasteiger partial charge on any atom is -0.493 e. The minimum atomic E-state index is -2.41. The van der Waals surface area contributed by atoms with Crippen LogP contribution in [0.2, 0.25) is 0 Å². The molecule has 0 amide bonds. The van der Waals surface area contributed by atoms with Crippen molar-refractivity contribution < 1.29 is 57.8 Å². The summed E-state index contributed by atoms with van der Waals surface area (Å²) in [5, 5.41) is 0.178. The fourth-order valence-corrected chi connectivity index (χ4v) is 7.36. The van der Waals surface area contributed by atoms with Crippen molar-refractivity contribution in [2.45, 2.75) is 0 Å². The number of hydrogen-bond donors (Lipinski definition) is 3. The molecule has 0 saturated carbocycles. The molecule has 6 heterocycles. The minimum absolute atomic E-state index is 0.00402. The lowest BCUT2D eigenvalue weighted by Crippen LogP contribution is -2.05. The van der Waals surface area contributed by atoms with Crippen molar-refractivity contribution in [3.8, 4) is 44.9 Å². The molecule has 302 valence electrons. The number of H-pyrrole nitrogens is 3. The lowest BCUT2D eigenvalue weighted by atomic mass is 10.0. The van der Waals surface area contributed by atoms with Crippen molar-refractivity contribution in [1.29, 1.82) is 0 Å². The van der Waals surface area contributed by atoms with Gasteiger partial charge in [-0.3, -0.25) is 0 Å². The van der Waals surface area contributed by atoms with Crippen molar-refractivity contribution in [2.24, 2.45) is 0 Å². The number of halogens is 10. The molecule has 1 aliphatic heterocycles. The number of aromatic amines is 3. The molecule has 0 atom stereocenters. The van der Waals surface area contributed by atoms with Crippen molar-refractivity contribution >= 4 is 56.2 Å². The molecule has 8 nitrogen and oxygen atoms in total. The Kier molecular flexibility index (Phi) is 8.76. The average Bonchev–Trinajstić information content (AvgIpc) is 4.09. The van der Waals surface area contributed by atoms with Crippen LogP contribution < -0.4 is 15.1 Å². The topological polar surface area (TPSA) is 109 Å². The molecule has 8 bridgehead atoms. The van der Waals surface area contributed by atoms with E-state index in [0.29, 0.717) is 0 Å². The molecule has 60 heavy (non-hydrogen) atoms. The van der Waals surface area contributed by atoms with Crippen LogP contribution >= 0.6 is 0 Å². The van der Waals surface area contributed by atoms with E-state index in [1.54, 1.807) is 0 Å². The lowest BCUT2D eigenvalue weighted by Gasteiger charge is -2.12. The first kappa shape index (κ1) is 38.0. The Morgan fingerprint density at radius 3 is 1.43 bits per heavy atom. The molecule has 8 aromatic rings. The van der Waals surface area contributed by atoms with Gasteiger partial charge in [-0.1, -0.05) is 0 Å². The maximum Gasteiger partial charge on any atom is 0.336 e. The van der Waals surface area contributed by atoms with Crippen molar-refractivity contribution in [2.75, 3.05) is 14.2 Å². The molecule has 0 fully saturated rings. The number of aromatic nitrogens is 4. The number of rotatable bonds is 5. The van der Waals surface area contributed by atoms with E-state index in [1.807, 2.05) is 0 Å². The molecule has 0 unspecified atom stereocenters. The van der Waals surface area contributed by atoms with Gasteiger partial charge < -0.3 is 28.8 Å². The van der Waals surface area contributed by atoms with Crippen molar-refractivity contribution in [3.63, 3.8) is 0 Å². The van der Waals surface area contributed by atoms with Crippen LogP contribution in [0.5, 0.6) is 11.5 Å². The fourth-order valence-electron chi connectivity index (χ4n) is 7.36. The predicted molar refractivity (Wildman–Crippen MR) is 200 cm³/mol. The van der Waals surface area contributed by atoms with Crippen LogP contribution in [-0.2, 0) is 0 Å². The molecule has 0 aliphatic carbocycles. The quantitative estimate of drug-likeness (QED) is 0.0692. The summed E-state index contributed by atoms with van der Waals surface area (Å²) in [6, 6.07) is 11.7. The third kappa shape index (κ3) is 5.54. The standard InChI is InChI=1S/C42H20F10N4O4/c1-58-24-12-3-14-15(13-25(57)60-41(14)42(24)59-2)26-18-8-10-22(55-18)27(29-31(43)35(47)39(51)36(48)32(29)44)20-6-4-16(53-20)17-5-7-21(54-17)28(23-11-9-19(26)56-23)30-33(45)37(49)40(52)38(50)34(30)46/h3-13,53,55-56H,1-2H3. The van der Waals surface area contributed by atoms with E-state index in [4.69, 9.17) is 13.9 Å². The number of nitrogens with zero attached hydrogens (tertiary/aromatic N) is 1. The van der Waals surface area contributed by atoms with Gasteiger partial charge in [0.25, 0.3) is 0 Å². The largest absolute Gasteiger partial charge is 0.493 e. The van der Waals surface area contributed by atoms with E-state index in [-0.39, 0.29) is 78.1 Å². The first-order valence-corrected chi connectivity index (χ1v) is 17.3. The van der Waals surface area contributed by atoms with E-state index >= 15 is 17.6 Å². The Labute approximate surface area is 327 Å². The molecule has 0 radical (unpaired) electrons. The highest BCUT2D eigenvalue weighted by Gasteiger charge is 2.31. The zero-order valence-corrected chi connectivity index (χ0v) is 30.2. The summed E-state index contributed by atoms with van der Waals surface area (Å²) in [5.41, 5.74) is -5.94. The van der Waals surface area contributed by atoms with E-state index < -0.39 is 86.1 Å². The van der Waals surface area contributed by atoms with Gasteiger partial charge in [-0.25, -0.2) is 53.7 Å². The molecule has 5 aromatic heterocycles. The van der Waals surface area contributed by atoms with Gasteiger partial charge in [0.05, 0.1) is 42.3 Å². The van der Waals surface area contributed by atoms with E-state index in [2.05, 4.69) is 19.9 Å². The second-order valence-electron chi connectivity index (χ2n) is 13.2. The normalized spacial score (nSPS) is 12.0. The monoisotopic (exact) mass is 834 g/mol. The summed E-state index contributed by atoms with van der Waals surface area (Å²) in [4.78, 5) is 26.4. The summed E-state index contributed by atoms with van der Waals surface area (Å²) in [7, 11) is 2.61. The summed E-state index contributed by atoms with van der Waals surface area (Å²) in [6.07, 6.45) is 2.48. The molecule has 0 saturated heterocycles. The van der Waals surface area contributed by atoms with Crippen molar-refractivity contribution in [3.05, 3.63) is 135 Å². The Morgan fingerprint density at radius 1 is 0.483 bits per heavy atom. The summed E-state index contributed by atoms with van der Waals surface area (Å²) < 4.78 is 167. The van der Waals surface area contributed by atoms with E-state index in [9.17, 15) is 31.1 Å². The predicted octanol–water partition coefficient (Wildman–Crippen LogP) is 11.2. The molecule has 0 spiro atoms. The van der Waals surface area contributed by atoms with Gasteiger partial charge in [0.1, 0.15) is 0 Å². The molecular formula is C42H20F10N4O4. The van der Waals surface area contributed by atoms with Crippen LogP contribution in [0.1, 0.15) is 11.4 Å². The fraction of sp³-hybridized carbons (Fsp3) is 0.0476. The SMILES string of the molecule is COc1ccc2c(-c3c4ccc([nH]4)c(-c4c(F)c(F)c(F)c(F)c4F)c4nc(c5ccc([nH]5)c(-c5c(F)c(F)c(F)c(F)c5F)c5ccc3[nH]5)C=C4)cc(=O)oc2c1OC. The maximum atomic E-state index is 15.7. The third-order valence-electron chi connectivity index (χ3n) is 10.0. The van der Waals surface area contributed by atoms with Crippen LogP contribution in [0.15, 0.2) is 63.8 Å². The maximum absolute atomic E-state index is 15.7.